The quantitative estimate of drug-likeness (QED) is 0.559. The molecule has 0 aromatic carbocycles. The zero-order valence-electron chi connectivity index (χ0n) is 14.6. The molecule has 1 aromatic heterocycles. The van der Waals surface area contributed by atoms with E-state index < -0.39 is 0 Å². The minimum Gasteiger partial charge on any atom is -0.396 e. The summed E-state index contributed by atoms with van der Waals surface area (Å²) >= 11 is 0. The Balaban J connectivity index is 2.12. The average Bonchev–Trinajstić information content (AvgIpc) is 3.31. The molecule has 1 aliphatic rings. The first kappa shape index (κ1) is 18.2. The van der Waals surface area contributed by atoms with Crippen LogP contribution < -0.4 is 5.32 Å². The predicted octanol–water partition coefficient (Wildman–Crippen LogP) is 1.55. The van der Waals surface area contributed by atoms with Crippen molar-refractivity contribution < 1.29 is 14.6 Å². The standard InChI is InChI=1S/C18H25N3O3/c1-13-8-15(14(2)21(13)6-7-24-3)9-16(10-19)17(23)20-11-18(12-22)4-5-18/h8-9,22H,4-7,11-12H2,1-3H3,(H,20,23)/b16-9-. The molecule has 24 heavy (non-hydrogen) atoms. The van der Waals surface area contributed by atoms with Gasteiger partial charge in [-0.3, -0.25) is 4.79 Å². The van der Waals surface area contributed by atoms with Crippen LogP contribution in [-0.2, 0) is 16.1 Å². The molecule has 0 spiro atoms. The molecule has 0 bridgehead atoms. The Labute approximate surface area is 142 Å². The number of nitrogens with one attached hydrogen (secondary N) is 1. The first-order valence-corrected chi connectivity index (χ1v) is 8.13. The molecule has 130 valence electrons. The monoisotopic (exact) mass is 331 g/mol. The van der Waals surface area contributed by atoms with E-state index in [9.17, 15) is 15.2 Å². The maximum atomic E-state index is 12.2. The van der Waals surface area contributed by atoms with E-state index in [1.165, 1.54) is 0 Å². The van der Waals surface area contributed by atoms with Crippen molar-refractivity contribution >= 4 is 12.0 Å². The molecule has 0 atom stereocenters. The zero-order valence-corrected chi connectivity index (χ0v) is 14.6. The molecule has 2 rings (SSSR count). The van der Waals surface area contributed by atoms with E-state index in [1.54, 1.807) is 13.2 Å². The fourth-order valence-corrected chi connectivity index (χ4v) is 2.74. The van der Waals surface area contributed by atoms with Crippen molar-refractivity contribution in [3.63, 3.8) is 0 Å². The Morgan fingerprint density at radius 2 is 2.25 bits per heavy atom. The number of rotatable bonds is 8. The zero-order chi connectivity index (χ0) is 17.7. The molecular weight excluding hydrogens is 306 g/mol. The van der Waals surface area contributed by atoms with Crippen molar-refractivity contribution in [2.24, 2.45) is 5.41 Å². The van der Waals surface area contributed by atoms with Gasteiger partial charge in [-0.05, 0) is 44.4 Å². The summed E-state index contributed by atoms with van der Waals surface area (Å²) < 4.78 is 7.22. The SMILES string of the molecule is COCCn1c(C)cc(/C=C(/C#N)C(=O)NCC2(CO)CC2)c1C. The number of ether oxygens (including phenoxy) is 1. The summed E-state index contributed by atoms with van der Waals surface area (Å²) in [5.41, 5.74) is 2.82. The van der Waals surface area contributed by atoms with Crippen LogP contribution >= 0.6 is 0 Å². The molecule has 1 aromatic rings. The van der Waals surface area contributed by atoms with Crippen molar-refractivity contribution in [3.8, 4) is 6.07 Å². The lowest BCUT2D eigenvalue weighted by Gasteiger charge is -2.12. The molecule has 6 nitrogen and oxygen atoms in total. The summed E-state index contributed by atoms with van der Waals surface area (Å²) in [7, 11) is 1.66. The number of aliphatic hydroxyl groups excluding tert-OH is 1. The second kappa shape index (κ2) is 7.65. The maximum absolute atomic E-state index is 12.2. The maximum Gasteiger partial charge on any atom is 0.261 e. The average molecular weight is 331 g/mol. The summed E-state index contributed by atoms with van der Waals surface area (Å²) in [5.74, 6) is -0.390. The van der Waals surface area contributed by atoms with Crippen LogP contribution in [0.25, 0.3) is 6.08 Å². The number of carbonyl (C=O) groups is 1. The molecule has 1 aliphatic carbocycles. The van der Waals surface area contributed by atoms with Crippen molar-refractivity contribution in [3.05, 3.63) is 28.6 Å². The van der Waals surface area contributed by atoms with E-state index >= 15 is 0 Å². The van der Waals surface area contributed by atoms with Crippen LogP contribution in [0, 0.1) is 30.6 Å². The lowest BCUT2D eigenvalue weighted by atomic mass is 10.1. The molecule has 1 saturated carbocycles. The highest BCUT2D eigenvalue weighted by Gasteiger charge is 2.42. The van der Waals surface area contributed by atoms with E-state index in [-0.39, 0.29) is 23.5 Å². The number of aliphatic hydroxyl groups is 1. The Kier molecular flexibility index (Phi) is 5.81. The highest BCUT2D eigenvalue weighted by Crippen LogP contribution is 2.44. The van der Waals surface area contributed by atoms with Crippen molar-refractivity contribution in [2.45, 2.75) is 33.2 Å². The largest absolute Gasteiger partial charge is 0.396 e. The topological polar surface area (TPSA) is 87.3 Å². The van der Waals surface area contributed by atoms with Crippen LogP contribution in [0.4, 0.5) is 0 Å². The minimum atomic E-state index is -0.390. The van der Waals surface area contributed by atoms with E-state index in [0.29, 0.717) is 13.2 Å². The molecule has 2 N–H and O–H groups in total. The molecule has 0 aliphatic heterocycles. The molecule has 0 unspecified atom stereocenters. The smallest absolute Gasteiger partial charge is 0.261 e. The van der Waals surface area contributed by atoms with Crippen molar-refractivity contribution in [1.82, 2.24) is 9.88 Å². The van der Waals surface area contributed by atoms with Gasteiger partial charge in [-0.1, -0.05) is 0 Å². The number of hydrogen-bond acceptors (Lipinski definition) is 4. The Hall–Kier alpha value is -2.10. The highest BCUT2D eigenvalue weighted by molar-refractivity contribution is 6.01. The van der Waals surface area contributed by atoms with Gasteiger partial charge in [-0.2, -0.15) is 5.26 Å². The van der Waals surface area contributed by atoms with Crippen LogP contribution in [0.3, 0.4) is 0 Å². The van der Waals surface area contributed by atoms with Crippen LogP contribution in [0.1, 0.15) is 29.8 Å². The fourth-order valence-electron chi connectivity index (χ4n) is 2.74. The molecule has 0 saturated heterocycles. The van der Waals surface area contributed by atoms with E-state index in [2.05, 4.69) is 9.88 Å². The number of nitrogens with zero attached hydrogens (tertiary/aromatic N) is 2. The third kappa shape index (κ3) is 4.05. The number of hydrogen-bond donors (Lipinski definition) is 2. The molecular formula is C18H25N3O3. The summed E-state index contributed by atoms with van der Waals surface area (Å²) in [6.07, 6.45) is 3.45. The van der Waals surface area contributed by atoms with E-state index in [1.807, 2.05) is 26.0 Å². The minimum absolute atomic E-state index is 0.0690. The Morgan fingerprint density at radius 3 is 2.79 bits per heavy atom. The van der Waals surface area contributed by atoms with Gasteiger partial charge in [-0.15, -0.1) is 0 Å². The third-order valence-electron chi connectivity index (χ3n) is 4.71. The Bertz CT molecular complexity index is 678. The van der Waals surface area contributed by atoms with Gasteiger partial charge in [0.1, 0.15) is 11.6 Å². The Morgan fingerprint density at radius 1 is 1.54 bits per heavy atom. The summed E-state index contributed by atoms with van der Waals surface area (Å²) in [6.45, 7) is 5.77. The summed E-state index contributed by atoms with van der Waals surface area (Å²) in [5, 5.41) is 21.4. The number of amides is 1. The molecule has 0 radical (unpaired) electrons. The number of methoxy groups -OCH3 is 1. The third-order valence-corrected chi connectivity index (χ3v) is 4.71. The van der Waals surface area contributed by atoms with E-state index in [0.717, 1.165) is 36.3 Å². The van der Waals surface area contributed by atoms with Crippen LogP contribution in [0.5, 0.6) is 0 Å². The predicted molar refractivity (Wildman–Crippen MR) is 91.1 cm³/mol. The number of carbonyl (C=O) groups excluding carboxylic acids is 1. The molecule has 6 heteroatoms. The van der Waals surface area contributed by atoms with Crippen LogP contribution in [0.15, 0.2) is 11.6 Å². The van der Waals surface area contributed by atoms with Crippen LogP contribution in [0.2, 0.25) is 0 Å². The highest BCUT2D eigenvalue weighted by atomic mass is 16.5. The summed E-state index contributed by atoms with van der Waals surface area (Å²) in [6, 6.07) is 3.94. The second-order valence-corrected chi connectivity index (χ2v) is 6.48. The van der Waals surface area contributed by atoms with Gasteiger partial charge >= 0.3 is 0 Å². The lowest BCUT2D eigenvalue weighted by molar-refractivity contribution is -0.117. The number of nitriles is 1. The molecule has 1 amide bonds. The van der Waals surface area contributed by atoms with Gasteiger partial charge in [0, 0.05) is 37.0 Å². The fraction of sp³-hybridized carbons (Fsp3) is 0.556. The normalized spacial score (nSPS) is 15.9. The van der Waals surface area contributed by atoms with Gasteiger partial charge in [0.25, 0.3) is 5.91 Å². The first-order valence-electron chi connectivity index (χ1n) is 8.13. The summed E-state index contributed by atoms with van der Waals surface area (Å²) in [4.78, 5) is 12.2. The lowest BCUT2D eigenvalue weighted by Crippen LogP contribution is -2.32. The van der Waals surface area contributed by atoms with Crippen LogP contribution in [-0.4, -0.2) is 42.4 Å². The van der Waals surface area contributed by atoms with Crippen molar-refractivity contribution in [1.29, 1.82) is 5.26 Å². The van der Waals surface area contributed by atoms with Gasteiger partial charge < -0.3 is 19.7 Å². The second-order valence-electron chi connectivity index (χ2n) is 6.48. The van der Waals surface area contributed by atoms with Gasteiger partial charge in [-0.25, -0.2) is 0 Å². The number of aromatic nitrogens is 1. The van der Waals surface area contributed by atoms with Gasteiger partial charge in [0.2, 0.25) is 0 Å². The van der Waals surface area contributed by atoms with Gasteiger partial charge in [0.05, 0.1) is 13.2 Å². The molecule has 1 heterocycles. The molecule has 1 fully saturated rings. The first-order chi connectivity index (χ1) is 11.5. The number of aryl methyl sites for hydroxylation is 1. The van der Waals surface area contributed by atoms with Gasteiger partial charge in [0.15, 0.2) is 0 Å². The van der Waals surface area contributed by atoms with Crippen molar-refractivity contribution in [2.75, 3.05) is 26.9 Å². The van der Waals surface area contributed by atoms with E-state index in [4.69, 9.17) is 4.74 Å².